The first-order chi connectivity index (χ1) is 12.5. The summed E-state index contributed by atoms with van der Waals surface area (Å²) in [6.45, 7) is 2.37. The molecule has 136 valence electrons. The van der Waals surface area contributed by atoms with Crippen molar-refractivity contribution < 1.29 is 14.3 Å². The largest absolute Gasteiger partial charge is 0.493 e. The summed E-state index contributed by atoms with van der Waals surface area (Å²) in [5.41, 5.74) is 2.15. The molecule has 0 heterocycles. The molecule has 0 aliphatic heterocycles. The van der Waals surface area contributed by atoms with Gasteiger partial charge in [0.05, 0.1) is 31.9 Å². The van der Waals surface area contributed by atoms with Gasteiger partial charge in [0.15, 0.2) is 11.5 Å². The monoisotopic (exact) mass is 353 g/mol. The number of carbonyl (C=O) groups is 1. The highest BCUT2D eigenvalue weighted by molar-refractivity contribution is 5.94. The van der Waals surface area contributed by atoms with E-state index in [2.05, 4.69) is 11.4 Å². The highest BCUT2D eigenvalue weighted by Gasteiger charge is 2.20. The summed E-state index contributed by atoms with van der Waals surface area (Å²) in [6, 6.07) is 14.1. The van der Waals surface area contributed by atoms with Gasteiger partial charge in [0.2, 0.25) is 5.91 Å². The number of para-hydroxylation sites is 1. The Balaban J connectivity index is 2.05. The number of likely N-dealkylation sites (N-methyl/N-ethyl adjacent to an activating group) is 1. The summed E-state index contributed by atoms with van der Waals surface area (Å²) in [5.74, 6) is 1.20. The van der Waals surface area contributed by atoms with Crippen LogP contribution in [0.15, 0.2) is 42.5 Å². The van der Waals surface area contributed by atoms with Crippen LogP contribution in [0.4, 0.5) is 5.69 Å². The Bertz CT molecular complexity index is 797. The molecule has 6 heteroatoms. The van der Waals surface area contributed by atoms with Gasteiger partial charge in [0.1, 0.15) is 0 Å². The summed E-state index contributed by atoms with van der Waals surface area (Å²) in [6.07, 6.45) is 0. The minimum absolute atomic E-state index is 0.126. The van der Waals surface area contributed by atoms with E-state index in [1.807, 2.05) is 37.1 Å². The van der Waals surface area contributed by atoms with Gasteiger partial charge < -0.3 is 14.8 Å². The van der Waals surface area contributed by atoms with E-state index in [4.69, 9.17) is 14.7 Å². The third kappa shape index (κ3) is 4.52. The van der Waals surface area contributed by atoms with Crippen LogP contribution < -0.4 is 14.8 Å². The average molecular weight is 353 g/mol. The summed E-state index contributed by atoms with van der Waals surface area (Å²) in [7, 11) is 5.07. The molecule has 0 saturated heterocycles. The molecule has 0 bridgehead atoms. The maximum atomic E-state index is 12.5. The van der Waals surface area contributed by atoms with Crippen molar-refractivity contribution in [3.63, 3.8) is 0 Å². The zero-order chi connectivity index (χ0) is 19.1. The third-order valence-electron chi connectivity index (χ3n) is 4.23. The number of amides is 1. The number of rotatable bonds is 7. The second kappa shape index (κ2) is 8.88. The molecular formula is C20H23N3O3. The van der Waals surface area contributed by atoms with Crippen molar-refractivity contribution in [2.24, 2.45) is 0 Å². The van der Waals surface area contributed by atoms with Crippen LogP contribution in [0.3, 0.4) is 0 Å². The van der Waals surface area contributed by atoms with Gasteiger partial charge in [-0.1, -0.05) is 12.1 Å². The van der Waals surface area contributed by atoms with Crippen molar-refractivity contribution >= 4 is 11.6 Å². The Labute approximate surface area is 153 Å². The maximum Gasteiger partial charge on any atom is 0.241 e. The molecule has 0 unspecified atom stereocenters. The first kappa shape index (κ1) is 19.3. The lowest BCUT2D eigenvalue weighted by molar-refractivity contribution is -0.120. The van der Waals surface area contributed by atoms with E-state index >= 15 is 0 Å². The quantitative estimate of drug-likeness (QED) is 0.828. The predicted molar refractivity (Wildman–Crippen MR) is 100 cm³/mol. The molecule has 6 nitrogen and oxygen atoms in total. The molecule has 0 spiro atoms. The second-order valence-corrected chi connectivity index (χ2v) is 5.92. The average Bonchev–Trinajstić information content (AvgIpc) is 2.67. The normalized spacial score (nSPS) is 11.5. The molecule has 1 amide bonds. The molecule has 0 aromatic heterocycles. The smallest absolute Gasteiger partial charge is 0.241 e. The standard InChI is InChI=1S/C20H23N3O3/c1-14(20(24)22-17-10-8-15(12-21)9-11-17)23(2)13-16-6-5-7-18(25-3)19(16)26-4/h5-11,14H,13H2,1-4H3,(H,22,24)/t14-/m1/s1. The molecule has 2 aromatic rings. The summed E-state index contributed by atoms with van der Waals surface area (Å²) in [5, 5.41) is 11.7. The fourth-order valence-corrected chi connectivity index (χ4v) is 2.56. The van der Waals surface area contributed by atoms with Crippen LogP contribution >= 0.6 is 0 Å². The number of hydrogen-bond donors (Lipinski definition) is 1. The van der Waals surface area contributed by atoms with E-state index in [1.54, 1.807) is 38.5 Å². The molecule has 0 saturated carbocycles. The van der Waals surface area contributed by atoms with E-state index in [1.165, 1.54) is 0 Å². The van der Waals surface area contributed by atoms with Crippen LogP contribution in [0.5, 0.6) is 11.5 Å². The first-order valence-corrected chi connectivity index (χ1v) is 8.21. The SMILES string of the molecule is COc1cccc(CN(C)[C@H](C)C(=O)Nc2ccc(C#N)cc2)c1OC. The van der Waals surface area contributed by atoms with Gasteiger partial charge in [-0.3, -0.25) is 9.69 Å². The minimum Gasteiger partial charge on any atom is -0.493 e. The van der Waals surface area contributed by atoms with Crippen LogP contribution in [-0.4, -0.2) is 38.1 Å². The highest BCUT2D eigenvalue weighted by atomic mass is 16.5. The molecule has 1 atom stereocenters. The van der Waals surface area contributed by atoms with Crippen molar-refractivity contribution in [3.05, 3.63) is 53.6 Å². The van der Waals surface area contributed by atoms with Crippen molar-refractivity contribution in [2.75, 3.05) is 26.6 Å². The fourth-order valence-electron chi connectivity index (χ4n) is 2.56. The fraction of sp³-hybridized carbons (Fsp3) is 0.300. The Hall–Kier alpha value is -3.04. The zero-order valence-electron chi connectivity index (χ0n) is 15.4. The Morgan fingerprint density at radius 3 is 2.46 bits per heavy atom. The number of nitrogens with one attached hydrogen (secondary N) is 1. The molecule has 0 fully saturated rings. The van der Waals surface area contributed by atoms with Crippen LogP contribution in [0.1, 0.15) is 18.1 Å². The van der Waals surface area contributed by atoms with E-state index < -0.39 is 0 Å². The van der Waals surface area contributed by atoms with Gasteiger partial charge >= 0.3 is 0 Å². The summed E-state index contributed by atoms with van der Waals surface area (Å²) >= 11 is 0. The molecule has 1 N–H and O–H groups in total. The Kier molecular flexibility index (Phi) is 6.59. The molecule has 2 aromatic carbocycles. The predicted octanol–water partition coefficient (Wildman–Crippen LogP) is 3.03. The molecule has 0 aliphatic carbocycles. The molecular weight excluding hydrogens is 330 g/mol. The number of nitriles is 1. The molecule has 2 rings (SSSR count). The van der Waals surface area contributed by atoms with Crippen molar-refractivity contribution in [2.45, 2.75) is 19.5 Å². The van der Waals surface area contributed by atoms with E-state index in [9.17, 15) is 4.79 Å². The third-order valence-corrected chi connectivity index (χ3v) is 4.23. The minimum atomic E-state index is -0.360. The van der Waals surface area contributed by atoms with Crippen LogP contribution in [0.2, 0.25) is 0 Å². The first-order valence-electron chi connectivity index (χ1n) is 8.21. The molecule has 0 aliphatic rings. The van der Waals surface area contributed by atoms with Crippen molar-refractivity contribution in [1.82, 2.24) is 4.90 Å². The number of benzene rings is 2. The van der Waals surface area contributed by atoms with Crippen LogP contribution in [0.25, 0.3) is 0 Å². The number of hydrogen-bond acceptors (Lipinski definition) is 5. The number of methoxy groups -OCH3 is 2. The maximum absolute atomic E-state index is 12.5. The van der Waals surface area contributed by atoms with Gasteiger partial charge in [-0.15, -0.1) is 0 Å². The van der Waals surface area contributed by atoms with E-state index in [0.717, 1.165) is 5.56 Å². The van der Waals surface area contributed by atoms with Crippen molar-refractivity contribution in [3.8, 4) is 17.6 Å². The topological polar surface area (TPSA) is 74.6 Å². The number of nitrogens with zero attached hydrogens (tertiary/aromatic N) is 2. The second-order valence-electron chi connectivity index (χ2n) is 5.92. The lowest BCUT2D eigenvalue weighted by Crippen LogP contribution is -2.39. The van der Waals surface area contributed by atoms with E-state index in [-0.39, 0.29) is 11.9 Å². The zero-order valence-corrected chi connectivity index (χ0v) is 15.4. The van der Waals surface area contributed by atoms with E-state index in [0.29, 0.717) is 29.3 Å². The van der Waals surface area contributed by atoms with Gasteiger partial charge in [0, 0.05) is 17.8 Å². The molecule has 0 radical (unpaired) electrons. The Morgan fingerprint density at radius 2 is 1.88 bits per heavy atom. The van der Waals surface area contributed by atoms with Crippen LogP contribution in [-0.2, 0) is 11.3 Å². The summed E-state index contributed by atoms with van der Waals surface area (Å²) in [4.78, 5) is 14.4. The summed E-state index contributed by atoms with van der Waals surface area (Å²) < 4.78 is 10.8. The molecule has 26 heavy (non-hydrogen) atoms. The lowest BCUT2D eigenvalue weighted by atomic mass is 10.1. The lowest BCUT2D eigenvalue weighted by Gasteiger charge is -2.25. The van der Waals surface area contributed by atoms with Gasteiger partial charge in [-0.05, 0) is 44.3 Å². The van der Waals surface area contributed by atoms with Crippen LogP contribution in [0, 0.1) is 11.3 Å². The number of anilines is 1. The van der Waals surface area contributed by atoms with Crippen molar-refractivity contribution in [1.29, 1.82) is 5.26 Å². The van der Waals surface area contributed by atoms with Gasteiger partial charge in [-0.25, -0.2) is 0 Å². The Morgan fingerprint density at radius 1 is 1.19 bits per heavy atom. The number of ether oxygens (including phenoxy) is 2. The van der Waals surface area contributed by atoms with Gasteiger partial charge in [0.25, 0.3) is 0 Å². The highest BCUT2D eigenvalue weighted by Crippen LogP contribution is 2.31. The van der Waals surface area contributed by atoms with Gasteiger partial charge in [-0.2, -0.15) is 5.26 Å². The number of carbonyl (C=O) groups excluding carboxylic acids is 1.